The van der Waals surface area contributed by atoms with Crippen molar-refractivity contribution in [3.05, 3.63) is 29.6 Å². The van der Waals surface area contributed by atoms with Crippen LogP contribution in [0.25, 0.3) is 0 Å². The molecule has 1 aromatic carbocycles. The van der Waals surface area contributed by atoms with Crippen molar-refractivity contribution in [2.45, 2.75) is 13.0 Å². The zero-order chi connectivity index (χ0) is 13.5. The summed E-state index contributed by atoms with van der Waals surface area (Å²) in [5, 5.41) is 2.41. The quantitative estimate of drug-likeness (QED) is 0.765. The molecule has 1 unspecified atom stereocenters. The van der Waals surface area contributed by atoms with Crippen LogP contribution < -0.4 is 15.8 Å². The number of nitrogens with one attached hydrogen (secondary N) is 1. The first-order valence-electron chi connectivity index (χ1n) is 5.42. The van der Waals surface area contributed by atoms with Gasteiger partial charge in [-0.15, -0.1) is 6.42 Å². The maximum Gasteiger partial charge on any atom is 0.258 e. The Balaban J connectivity index is 2.58. The highest BCUT2D eigenvalue weighted by atomic mass is 19.1. The molecule has 0 aromatic heterocycles. The Morgan fingerprint density at radius 2 is 2.39 bits per heavy atom. The molecular formula is C13H15FN2O2. The third-order valence-electron chi connectivity index (χ3n) is 2.23. The molecule has 4 nitrogen and oxygen atoms in total. The molecule has 0 aliphatic carbocycles. The van der Waals surface area contributed by atoms with Crippen LogP contribution in [0.5, 0.6) is 5.75 Å². The van der Waals surface area contributed by atoms with E-state index in [-0.39, 0.29) is 24.9 Å². The van der Waals surface area contributed by atoms with Crippen LogP contribution in [0.1, 0.15) is 18.5 Å². The van der Waals surface area contributed by atoms with Crippen LogP contribution >= 0.6 is 0 Å². The second-order valence-corrected chi connectivity index (χ2v) is 3.75. The Hall–Kier alpha value is -2.06. The number of nitrogens with two attached hydrogens (primary N) is 1. The van der Waals surface area contributed by atoms with Crippen LogP contribution in [-0.2, 0) is 4.79 Å². The van der Waals surface area contributed by atoms with Gasteiger partial charge in [-0.3, -0.25) is 4.79 Å². The molecule has 18 heavy (non-hydrogen) atoms. The molecular weight excluding hydrogens is 235 g/mol. The Kier molecular flexibility index (Phi) is 5.15. The van der Waals surface area contributed by atoms with Crippen LogP contribution in [-0.4, -0.2) is 19.1 Å². The van der Waals surface area contributed by atoms with Gasteiger partial charge in [0.2, 0.25) is 0 Å². The molecule has 0 spiro atoms. The van der Waals surface area contributed by atoms with Gasteiger partial charge < -0.3 is 15.8 Å². The van der Waals surface area contributed by atoms with Crippen molar-refractivity contribution in [1.82, 2.24) is 5.32 Å². The minimum atomic E-state index is -0.547. The number of carbonyl (C=O) groups is 1. The summed E-state index contributed by atoms with van der Waals surface area (Å²) in [5.41, 5.74) is 6.28. The van der Waals surface area contributed by atoms with Crippen LogP contribution in [0.15, 0.2) is 18.2 Å². The van der Waals surface area contributed by atoms with Crippen molar-refractivity contribution in [3.63, 3.8) is 0 Å². The van der Waals surface area contributed by atoms with E-state index in [1.807, 2.05) is 0 Å². The zero-order valence-electron chi connectivity index (χ0n) is 10.1. The van der Waals surface area contributed by atoms with Gasteiger partial charge in [0.25, 0.3) is 5.91 Å². The van der Waals surface area contributed by atoms with E-state index in [0.717, 1.165) is 0 Å². The molecule has 1 atom stereocenters. The van der Waals surface area contributed by atoms with E-state index >= 15 is 0 Å². The largest absolute Gasteiger partial charge is 0.481 e. The number of carbonyl (C=O) groups excluding carboxylic acids is 1. The van der Waals surface area contributed by atoms with E-state index in [4.69, 9.17) is 16.9 Å². The first-order chi connectivity index (χ1) is 8.54. The molecule has 1 amide bonds. The summed E-state index contributed by atoms with van der Waals surface area (Å²) in [7, 11) is 0. The average molecular weight is 250 g/mol. The van der Waals surface area contributed by atoms with Crippen LogP contribution in [0.3, 0.4) is 0 Å². The molecule has 0 aliphatic rings. The fraction of sp³-hybridized carbons (Fsp3) is 0.308. The molecule has 1 aromatic rings. The Bertz CT molecular complexity index is 467. The summed E-state index contributed by atoms with van der Waals surface area (Å²) in [6.45, 7) is 1.59. The van der Waals surface area contributed by atoms with Crippen molar-refractivity contribution in [2.75, 3.05) is 13.2 Å². The summed E-state index contributed by atoms with van der Waals surface area (Å²) in [5.74, 6) is 1.32. The van der Waals surface area contributed by atoms with Crippen molar-refractivity contribution in [1.29, 1.82) is 0 Å². The minimum Gasteiger partial charge on any atom is -0.481 e. The average Bonchev–Trinajstić information content (AvgIpc) is 2.34. The third kappa shape index (κ3) is 4.07. The second kappa shape index (κ2) is 6.62. The number of hydrogen-bond acceptors (Lipinski definition) is 3. The molecule has 0 saturated carbocycles. The normalized spacial score (nSPS) is 11.4. The smallest absolute Gasteiger partial charge is 0.258 e. The van der Waals surface area contributed by atoms with Gasteiger partial charge >= 0.3 is 0 Å². The van der Waals surface area contributed by atoms with Gasteiger partial charge in [-0.2, -0.15) is 0 Å². The molecule has 5 heteroatoms. The van der Waals surface area contributed by atoms with E-state index < -0.39 is 11.7 Å². The lowest BCUT2D eigenvalue weighted by Crippen LogP contribution is -2.29. The van der Waals surface area contributed by atoms with Gasteiger partial charge in [-0.25, -0.2) is 4.39 Å². The summed E-state index contributed by atoms with van der Waals surface area (Å²) in [6, 6.07) is 4.14. The molecule has 0 aliphatic heterocycles. The minimum absolute atomic E-state index is 0.00950. The second-order valence-electron chi connectivity index (χ2n) is 3.75. The predicted molar refractivity (Wildman–Crippen MR) is 66.3 cm³/mol. The number of hydrogen-bond donors (Lipinski definition) is 2. The van der Waals surface area contributed by atoms with Crippen LogP contribution in [0, 0.1) is 18.2 Å². The highest BCUT2D eigenvalue weighted by Crippen LogP contribution is 2.20. The fourth-order valence-electron chi connectivity index (χ4n) is 1.26. The number of ether oxygens (including phenoxy) is 1. The number of benzene rings is 1. The number of terminal acetylenes is 1. The van der Waals surface area contributed by atoms with Gasteiger partial charge in [-0.05, 0) is 24.6 Å². The number of halogens is 1. The number of rotatable bonds is 5. The van der Waals surface area contributed by atoms with Gasteiger partial charge in [0.15, 0.2) is 18.2 Å². The van der Waals surface area contributed by atoms with Crippen LogP contribution in [0.4, 0.5) is 4.39 Å². The molecule has 0 heterocycles. The summed E-state index contributed by atoms with van der Waals surface area (Å²) in [6.07, 6.45) is 4.98. The molecule has 96 valence electrons. The van der Waals surface area contributed by atoms with Crippen molar-refractivity contribution < 1.29 is 13.9 Å². The lowest BCUT2D eigenvalue weighted by atomic mass is 10.1. The highest BCUT2D eigenvalue weighted by Gasteiger charge is 2.09. The maximum absolute atomic E-state index is 13.6. The SMILES string of the molecule is C#CCNC(=O)COc1ccc(C(C)N)cc1F. The van der Waals surface area contributed by atoms with Gasteiger partial charge in [0, 0.05) is 6.04 Å². The van der Waals surface area contributed by atoms with Gasteiger partial charge in [0.05, 0.1) is 6.54 Å². The highest BCUT2D eigenvalue weighted by molar-refractivity contribution is 5.77. The van der Waals surface area contributed by atoms with E-state index in [0.29, 0.717) is 5.56 Å². The number of amides is 1. The third-order valence-corrected chi connectivity index (χ3v) is 2.23. The zero-order valence-corrected chi connectivity index (χ0v) is 10.1. The van der Waals surface area contributed by atoms with E-state index in [1.165, 1.54) is 12.1 Å². The van der Waals surface area contributed by atoms with E-state index in [9.17, 15) is 9.18 Å². The van der Waals surface area contributed by atoms with Crippen molar-refractivity contribution >= 4 is 5.91 Å². The van der Waals surface area contributed by atoms with E-state index in [1.54, 1.807) is 13.0 Å². The Morgan fingerprint density at radius 3 is 2.94 bits per heavy atom. The molecule has 0 fully saturated rings. The van der Waals surface area contributed by atoms with Crippen molar-refractivity contribution in [3.8, 4) is 18.1 Å². The summed E-state index contributed by atoms with van der Waals surface area (Å²) < 4.78 is 18.6. The van der Waals surface area contributed by atoms with Crippen LogP contribution in [0.2, 0.25) is 0 Å². The molecule has 0 radical (unpaired) electrons. The molecule has 0 saturated heterocycles. The fourth-order valence-corrected chi connectivity index (χ4v) is 1.26. The van der Waals surface area contributed by atoms with Gasteiger partial charge in [-0.1, -0.05) is 12.0 Å². The predicted octanol–water partition coefficient (Wildman–Crippen LogP) is 0.974. The Labute approximate surface area is 105 Å². The van der Waals surface area contributed by atoms with E-state index in [2.05, 4.69) is 11.2 Å². The lowest BCUT2D eigenvalue weighted by Gasteiger charge is -2.10. The summed E-state index contributed by atoms with van der Waals surface area (Å²) >= 11 is 0. The Morgan fingerprint density at radius 1 is 1.67 bits per heavy atom. The lowest BCUT2D eigenvalue weighted by molar-refractivity contribution is -0.122. The van der Waals surface area contributed by atoms with Crippen molar-refractivity contribution in [2.24, 2.45) is 5.73 Å². The summed E-state index contributed by atoms with van der Waals surface area (Å²) in [4.78, 5) is 11.2. The maximum atomic E-state index is 13.6. The molecule has 0 bridgehead atoms. The standard InChI is InChI=1S/C13H15FN2O2/c1-3-6-16-13(17)8-18-12-5-4-10(9(2)15)7-11(12)14/h1,4-5,7,9H,6,8,15H2,2H3,(H,16,17). The molecule has 1 rings (SSSR count). The monoisotopic (exact) mass is 250 g/mol. The topological polar surface area (TPSA) is 64.3 Å². The van der Waals surface area contributed by atoms with Gasteiger partial charge in [0.1, 0.15) is 0 Å². The first kappa shape index (κ1) is 14.0. The first-order valence-corrected chi connectivity index (χ1v) is 5.42. The molecule has 3 N–H and O–H groups in total.